The Morgan fingerprint density at radius 3 is 2.36 bits per heavy atom. The van der Waals surface area contributed by atoms with Crippen molar-refractivity contribution < 1.29 is 4.79 Å². The molecule has 0 unspecified atom stereocenters. The summed E-state index contributed by atoms with van der Waals surface area (Å²) in [5, 5.41) is 4.41. The Bertz CT molecular complexity index is 1180. The summed E-state index contributed by atoms with van der Waals surface area (Å²) in [6.45, 7) is 12.6. The van der Waals surface area contributed by atoms with Crippen molar-refractivity contribution in [2.24, 2.45) is 0 Å². The molecule has 1 fully saturated rings. The molecule has 0 spiro atoms. The van der Waals surface area contributed by atoms with Crippen LogP contribution in [0.4, 0.5) is 5.69 Å². The van der Waals surface area contributed by atoms with Crippen LogP contribution in [-0.4, -0.2) is 54.6 Å². The molecule has 2 heterocycles. The molecule has 1 N–H and O–H groups in total. The molecular formula is C29H36Cl2N4O. The minimum absolute atomic E-state index is 0.0254. The number of nitrogens with one attached hydrogen (secondary N) is 1. The van der Waals surface area contributed by atoms with Gasteiger partial charge in [0, 0.05) is 45.0 Å². The maximum absolute atomic E-state index is 13.2. The fourth-order valence-electron chi connectivity index (χ4n) is 5.24. The van der Waals surface area contributed by atoms with Crippen LogP contribution in [0.1, 0.15) is 41.4 Å². The maximum Gasteiger partial charge on any atom is 0.253 e. The van der Waals surface area contributed by atoms with Crippen LogP contribution >= 0.6 is 23.2 Å². The second-order valence-electron chi connectivity index (χ2n) is 9.46. The van der Waals surface area contributed by atoms with Crippen molar-refractivity contribution in [1.29, 1.82) is 0 Å². The lowest BCUT2D eigenvalue weighted by molar-refractivity contribution is 0.0950. The van der Waals surface area contributed by atoms with E-state index < -0.39 is 0 Å². The minimum atomic E-state index is 0.0254. The molecule has 4 rings (SSSR count). The SMILES string of the molecule is CCCn1c(C)c(C(=O)NCCCN2CCN(c3cccc(Cl)c3Cl)CC2)c(C)c1-c1ccccc1. The third-order valence-corrected chi connectivity index (χ3v) is 7.88. The van der Waals surface area contributed by atoms with E-state index in [1.165, 1.54) is 0 Å². The normalized spacial score (nSPS) is 14.3. The summed E-state index contributed by atoms with van der Waals surface area (Å²) >= 11 is 12.6. The second-order valence-corrected chi connectivity index (χ2v) is 10.2. The number of aromatic nitrogens is 1. The molecule has 192 valence electrons. The van der Waals surface area contributed by atoms with Gasteiger partial charge in [-0.3, -0.25) is 9.69 Å². The van der Waals surface area contributed by atoms with E-state index in [4.69, 9.17) is 23.2 Å². The number of hydrogen-bond acceptors (Lipinski definition) is 3. The zero-order valence-corrected chi connectivity index (χ0v) is 23.0. The standard InChI is InChI=1S/C29H36Cl2N4O/c1-4-15-35-22(3)26(21(2)28(35)23-10-6-5-7-11-23)29(36)32-14-9-16-33-17-19-34(20-18-33)25-13-8-12-24(30)27(25)31/h5-8,10-13H,4,9,14-20H2,1-3H3,(H,32,36). The Hall–Kier alpha value is -2.47. The third-order valence-electron chi connectivity index (χ3n) is 7.07. The lowest BCUT2D eigenvalue weighted by Crippen LogP contribution is -2.47. The number of carbonyl (C=O) groups is 1. The highest BCUT2D eigenvalue weighted by Gasteiger charge is 2.23. The molecule has 1 aromatic heterocycles. The van der Waals surface area contributed by atoms with Crippen molar-refractivity contribution in [2.75, 3.05) is 44.2 Å². The number of amides is 1. The molecule has 1 saturated heterocycles. The van der Waals surface area contributed by atoms with E-state index in [0.717, 1.165) is 85.9 Å². The maximum atomic E-state index is 13.2. The van der Waals surface area contributed by atoms with Gasteiger partial charge in [0.15, 0.2) is 0 Å². The van der Waals surface area contributed by atoms with Gasteiger partial charge in [0.2, 0.25) is 0 Å². The van der Waals surface area contributed by atoms with E-state index in [0.29, 0.717) is 16.6 Å². The first-order valence-electron chi connectivity index (χ1n) is 12.9. The van der Waals surface area contributed by atoms with Gasteiger partial charge in [0.1, 0.15) is 0 Å². The Labute approximate surface area is 225 Å². The Balaban J connectivity index is 1.31. The van der Waals surface area contributed by atoms with Gasteiger partial charge in [0.25, 0.3) is 5.91 Å². The van der Waals surface area contributed by atoms with Gasteiger partial charge in [-0.15, -0.1) is 0 Å². The molecule has 0 atom stereocenters. The van der Waals surface area contributed by atoms with Crippen LogP contribution in [-0.2, 0) is 6.54 Å². The average Bonchev–Trinajstić information content (AvgIpc) is 3.13. The first kappa shape index (κ1) is 26.6. The minimum Gasteiger partial charge on any atom is -0.368 e. The van der Waals surface area contributed by atoms with Gasteiger partial charge in [-0.05, 0) is 56.5 Å². The molecular weight excluding hydrogens is 491 g/mol. The summed E-state index contributed by atoms with van der Waals surface area (Å²) in [6.07, 6.45) is 1.94. The lowest BCUT2D eigenvalue weighted by atomic mass is 10.0. The van der Waals surface area contributed by atoms with Crippen LogP contribution in [0.15, 0.2) is 48.5 Å². The summed E-state index contributed by atoms with van der Waals surface area (Å²) in [5.74, 6) is 0.0254. The summed E-state index contributed by atoms with van der Waals surface area (Å²) in [5.41, 5.74) is 6.23. The van der Waals surface area contributed by atoms with Gasteiger partial charge < -0.3 is 14.8 Å². The van der Waals surface area contributed by atoms with Gasteiger partial charge in [-0.25, -0.2) is 0 Å². The topological polar surface area (TPSA) is 40.5 Å². The van der Waals surface area contributed by atoms with E-state index in [9.17, 15) is 4.79 Å². The molecule has 0 saturated carbocycles. The highest BCUT2D eigenvalue weighted by atomic mass is 35.5. The van der Waals surface area contributed by atoms with Crippen LogP contribution in [0, 0.1) is 13.8 Å². The first-order valence-corrected chi connectivity index (χ1v) is 13.6. The number of carbonyl (C=O) groups excluding carboxylic acids is 1. The highest BCUT2D eigenvalue weighted by Crippen LogP contribution is 2.33. The predicted molar refractivity (Wildman–Crippen MR) is 152 cm³/mol. The first-order chi connectivity index (χ1) is 17.4. The van der Waals surface area contributed by atoms with E-state index in [2.05, 4.69) is 64.7 Å². The summed E-state index contributed by atoms with van der Waals surface area (Å²) in [4.78, 5) is 18.0. The highest BCUT2D eigenvalue weighted by molar-refractivity contribution is 6.43. The van der Waals surface area contributed by atoms with Crippen LogP contribution in [0.25, 0.3) is 11.3 Å². The van der Waals surface area contributed by atoms with E-state index >= 15 is 0 Å². The third kappa shape index (κ3) is 5.74. The van der Waals surface area contributed by atoms with Crippen LogP contribution < -0.4 is 10.2 Å². The number of hydrogen-bond donors (Lipinski definition) is 1. The van der Waals surface area contributed by atoms with E-state index in [1.54, 1.807) is 0 Å². The molecule has 1 amide bonds. The van der Waals surface area contributed by atoms with Gasteiger partial charge in [0.05, 0.1) is 27.0 Å². The average molecular weight is 528 g/mol. The van der Waals surface area contributed by atoms with Crippen LogP contribution in [0.3, 0.4) is 0 Å². The molecule has 1 aliphatic rings. The molecule has 2 aromatic carbocycles. The number of rotatable bonds is 9. The van der Waals surface area contributed by atoms with Crippen LogP contribution in [0.5, 0.6) is 0 Å². The molecule has 36 heavy (non-hydrogen) atoms. The molecule has 0 bridgehead atoms. The van der Waals surface area contributed by atoms with Crippen molar-refractivity contribution in [3.8, 4) is 11.3 Å². The molecule has 0 radical (unpaired) electrons. The van der Waals surface area contributed by atoms with Crippen molar-refractivity contribution in [3.05, 3.63) is 75.4 Å². The molecule has 3 aromatic rings. The quantitative estimate of drug-likeness (QED) is 0.326. The monoisotopic (exact) mass is 526 g/mol. The summed E-state index contributed by atoms with van der Waals surface area (Å²) < 4.78 is 2.30. The van der Waals surface area contributed by atoms with Crippen molar-refractivity contribution in [3.63, 3.8) is 0 Å². The number of halogens is 2. The Kier molecular flexibility index (Phi) is 9.00. The predicted octanol–water partition coefficient (Wildman–Crippen LogP) is 6.43. The molecule has 0 aliphatic carbocycles. The van der Waals surface area contributed by atoms with Gasteiger partial charge in [-0.2, -0.15) is 0 Å². The molecule has 7 heteroatoms. The van der Waals surface area contributed by atoms with Gasteiger partial charge in [-0.1, -0.05) is 66.5 Å². The summed E-state index contributed by atoms with van der Waals surface area (Å²) in [7, 11) is 0. The Morgan fingerprint density at radius 2 is 1.67 bits per heavy atom. The number of benzene rings is 2. The zero-order chi connectivity index (χ0) is 25.7. The second kappa shape index (κ2) is 12.2. The number of nitrogens with zero attached hydrogens (tertiary/aromatic N) is 3. The fourth-order valence-corrected chi connectivity index (χ4v) is 5.66. The number of piperazine rings is 1. The van der Waals surface area contributed by atoms with Gasteiger partial charge >= 0.3 is 0 Å². The van der Waals surface area contributed by atoms with Crippen LogP contribution in [0.2, 0.25) is 10.0 Å². The largest absolute Gasteiger partial charge is 0.368 e. The van der Waals surface area contributed by atoms with Crippen molar-refractivity contribution in [1.82, 2.24) is 14.8 Å². The lowest BCUT2D eigenvalue weighted by Gasteiger charge is -2.36. The van der Waals surface area contributed by atoms with Crippen molar-refractivity contribution in [2.45, 2.75) is 40.2 Å². The van der Waals surface area contributed by atoms with Crippen molar-refractivity contribution >= 4 is 34.8 Å². The number of anilines is 1. The molecule has 5 nitrogen and oxygen atoms in total. The van der Waals surface area contributed by atoms with E-state index in [1.807, 2.05) is 24.3 Å². The fraction of sp³-hybridized carbons (Fsp3) is 0.414. The Morgan fingerprint density at radius 1 is 0.944 bits per heavy atom. The smallest absolute Gasteiger partial charge is 0.253 e. The summed E-state index contributed by atoms with van der Waals surface area (Å²) in [6, 6.07) is 16.2. The molecule has 1 aliphatic heterocycles. The van der Waals surface area contributed by atoms with E-state index in [-0.39, 0.29) is 5.91 Å². The zero-order valence-electron chi connectivity index (χ0n) is 21.5.